The van der Waals surface area contributed by atoms with Gasteiger partial charge in [-0.2, -0.15) is 0 Å². The number of aromatic nitrogens is 3. The van der Waals surface area contributed by atoms with Crippen molar-refractivity contribution in [2.45, 2.75) is 10.4 Å². The Morgan fingerprint density at radius 2 is 1.73 bits per heavy atom. The van der Waals surface area contributed by atoms with Crippen LogP contribution in [0.4, 0.5) is 0 Å². The van der Waals surface area contributed by atoms with Crippen LogP contribution in [-0.2, 0) is 4.79 Å². The monoisotopic (exact) mass is 416 g/mol. The Hall–Kier alpha value is -3.45. The third-order valence-corrected chi connectivity index (χ3v) is 5.83. The number of amides is 1. The number of likely N-dealkylation sites (N-methyl/N-ethyl adjacent to an activating group) is 1. The van der Waals surface area contributed by atoms with E-state index in [0.717, 1.165) is 5.56 Å². The van der Waals surface area contributed by atoms with E-state index in [-0.39, 0.29) is 11.5 Å². The molecule has 1 unspecified atom stereocenters. The number of hydrogen-bond acceptors (Lipinski definition) is 5. The van der Waals surface area contributed by atoms with Crippen molar-refractivity contribution in [2.75, 3.05) is 14.1 Å². The molecule has 150 valence electrons. The Bertz CT molecular complexity index is 1240. The molecule has 0 spiro atoms. The first-order chi connectivity index (χ1) is 14.6. The first-order valence-electron chi connectivity index (χ1n) is 9.41. The number of carbonyl (C=O) groups is 1. The smallest absolute Gasteiger partial charge is 0.266 e. The summed E-state index contributed by atoms with van der Waals surface area (Å²) in [5.41, 5.74) is 1.85. The molecule has 2 aromatic heterocycles. The van der Waals surface area contributed by atoms with Gasteiger partial charge in [-0.1, -0.05) is 54.2 Å². The average Bonchev–Trinajstić information content (AvgIpc) is 2.78. The minimum atomic E-state index is -0.544. The number of benzene rings is 2. The number of rotatable bonds is 5. The van der Waals surface area contributed by atoms with Gasteiger partial charge in [0.25, 0.3) is 5.56 Å². The fraction of sp³-hybridized carbons (Fsp3) is 0.130. The summed E-state index contributed by atoms with van der Waals surface area (Å²) in [6.07, 6.45) is 3.27. The van der Waals surface area contributed by atoms with Crippen LogP contribution in [0.2, 0.25) is 0 Å². The van der Waals surface area contributed by atoms with Crippen molar-refractivity contribution in [2.24, 2.45) is 0 Å². The Morgan fingerprint density at radius 3 is 2.43 bits per heavy atom. The Kier molecular flexibility index (Phi) is 5.63. The average molecular weight is 417 g/mol. The van der Waals surface area contributed by atoms with E-state index < -0.39 is 5.25 Å². The maximum absolute atomic E-state index is 13.4. The third kappa shape index (κ3) is 3.84. The molecule has 1 amide bonds. The van der Waals surface area contributed by atoms with Crippen molar-refractivity contribution in [3.63, 3.8) is 0 Å². The molecule has 6 nitrogen and oxygen atoms in total. The number of hydrogen-bond donors (Lipinski definition) is 0. The standard InChI is InChI=1S/C23H20N4O2S/c1-26(2)22(29)20(16-9-4-3-5-10-16)30-23-25-19-13-7-6-12-18(19)21(28)27(23)17-11-8-14-24-15-17/h3-15,20H,1-2H3. The number of carbonyl (C=O) groups excluding carboxylic acids is 1. The summed E-state index contributed by atoms with van der Waals surface area (Å²) in [6, 6.07) is 20.3. The predicted octanol–water partition coefficient (Wildman–Crippen LogP) is 3.70. The SMILES string of the molecule is CN(C)C(=O)C(Sc1nc2ccccc2c(=O)n1-c1cccnc1)c1ccccc1. The molecule has 7 heteroatoms. The minimum Gasteiger partial charge on any atom is -0.348 e. The third-order valence-electron chi connectivity index (χ3n) is 4.64. The maximum atomic E-state index is 13.4. The predicted molar refractivity (Wildman–Crippen MR) is 119 cm³/mol. The van der Waals surface area contributed by atoms with E-state index >= 15 is 0 Å². The molecule has 1 atom stereocenters. The lowest BCUT2D eigenvalue weighted by atomic mass is 10.1. The molecule has 2 aromatic carbocycles. The van der Waals surface area contributed by atoms with E-state index in [4.69, 9.17) is 4.98 Å². The summed E-state index contributed by atoms with van der Waals surface area (Å²) in [4.78, 5) is 36.8. The number of fused-ring (bicyclic) bond motifs is 1. The van der Waals surface area contributed by atoms with Crippen molar-refractivity contribution in [1.82, 2.24) is 19.4 Å². The lowest BCUT2D eigenvalue weighted by molar-refractivity contribution is -0.128. The second kappa shape index (κ2) is 8.51. The van der Waals surface area contributed by atoms with Crippen molar-refractivity contribution in [3.8, 4) is 5.69 Å². The fourth-order valence-corrected chi connectivity index (χ4v) is 4.39. The van der Waals surface area contributed by atoms with Gasteiger partial charge in [0.15, 0.2) is 5.16 Å². The highest BCUT2D eigenvalue weighted by molar-refractivity contribution is 8.00. The highest BCUT2D eigenvalue weighted by atomic mass is 32.2. The number of nitrogens with zero attached hydrogens (tertiary/aromatic N) is 4. The van der Waals surface area contributed by atoms with Gasteiger partial charge in [0.2, 0.25) is 5.91 Å². The quantitative estimate of drug-likeness (QED) is 0.367. The first-order valence-corrected chi connectivity index (χ1v) is 10.3. The van der Waals surface area contributed by atoms with Crippen LogP contribution in [0.5, 0.6) is 0 Å². The molecule has 0 fully saturated rings. The number of para-hydroxylation sites is 1. The molecule has 0 bridgehead atoms. The molecule has 0 saturated heterocycles. The highest BCUT2D eigenvalue weighted by Crippen LogP contribution is 2.36. The molecule has 2 heterocycles. The zero-order valence-corrected chi connectivity index (χ0v) is 17.4. The van der Waals surface area contributed by atoms with Gasteiger partial charge in [-0.25, -0.2) is 4.98 Å². The van der Waals surface area contributed by atoms with Crippen molar-refractivity contribution >= 4 is 28.6 Å². The van der Waals surface area contributed by atoms with Gasteiger partial charge in [-0.3, -0.25) is 19.1 Å². The Balaban J connectivity index is 1.92. The van der Waals surface area contributed by atoms with Crippen molar-refractivity contribution in [1.29, 1.82) is 0 Å². The van der Waals surface area contributed by atoms with E-state index in [0.29, 0.717) is 21.7 Å². The van der Waals surface area contributed by atoms with Crippen LogP contribution >= 0.6 is 11.8 Å². The van der Waals surface area contributed by atoms with Crippen LogP contribution in [0.1, 0.15) is 10.8 Å². The topological polar surface area (TPSA) is 68.1 Å². The lowest BCUT2D eigenvalue weighted by Crippen LogP contribution is -2.28. The van der Waals surface area contributed by atoms with Gasteiger partial charge < -0.3 is 4.90 Å². The summed E-state index contributed by atoms with van der Waals surface area (Å²) in [6.45, 7) is 0. The van der Waals surface area contributed by atoms with E-state index in [1.807, 2.05) is 42.5 Å². The Labute approximate surface area is 178 Å². The van der Waals surface area contributed by atoms with Gasteiger partial charge >= 0.3 is 0 Å². The molecule has 0 saturated carbocycles. The normalized spacial score (nSPS) is 11.9. The largest absolute Gasteiger partial charge is 0.348 e. The molecular weight excluding hydrogens is 396 g/mol. The lowest BCUT2D eigenvalue weighted by Gasteiger charge is -2.22. The minimum absolute atomic E-state index is 0.0775. The van der Waals surface area contributed by atoms with Crippen LogP contribution in [0, 0.1) is 0 Å². The Morgan fingerprint density at radius 1 is 1.00 bits per heavy atom. The van der Waals surface area contributed by atoms with Gasteiger partial charge in [-0.15, -0.1) is 0 Å². The second-order valence-electron chi connectivity index (χ2n) is 6.90. The highest BCUT2D eigenvalue weighted by Gasteiger charge is 2.26. The summed E-state index contributed by atoms with van der Waals surface area (Å²) in [5, 5.41) is 0.411. The van der Waals surface area contributed by atoms with Crippen LogP contribution in [-0.4, -0.2) is 39.4 Å². The maximum Gasteiger partial charge on any atom is 0.266 e. The summed E-state index contributed by atoms with van der Waals surface area (Å²) < 4.78 is 1.53. The van der Waals surface area contributed by atoms with Crippen LogP contribution in [0.15, 0.2) is 89.1 Å². The van der Waals surface area contributed by atoms with Gasteiger partial charge in [0.1, 0.15) is 5.25 Å². The van der Waals surface area contributed by atoms with Gasteiger partial charge in [0, 0.05) is 20.3 Å². The van der Waals surface area contributed by atoms with Gasteiger partial charge in [0.05, 0.1) is 22.8 Å². The molecule has 0 N–H and O–H groups in total. The van der Waals surface area contributed by atoms with E-state index in [2.05, 4.69) is 4.98 Å². The van der Waals surface area contributed by atoms with Crippen molar-refractivity contribution in [3.05, 3.63) is 95.0 Å². The van der Waals surface area contributed by atoms with Crippen LogP contribution < -0.4 is 5.56 Å². The van der Waals surface area contributed by atoms with E-state index in [1.54, 1.807) is 55.7 Å². The van der Waals surface area contributed by atoms with Gasteiger partial charge in [-0.05, 0) is 29.8 Å². The van der Waals surface area contributed by atoms with Crippen molar-refractivity contribution < 1.29 is 4.79 Å². The zero-order chi connectivity index (χ0) is 21.1. The van der Waals surface area contributed by atoms with E-state index in [1.165, 1.54) is 16.3 Å². The molecule has 30 heavy (non-hydrogen) atoms. The molecule has 0 aliphatic rings. The van der Waals surface area contributed by atoms with E-state index in [9.17, 15) is 9.59 Å². The second-order valence-corrected chi connectivity index (χ2v) is 7.98. The summed E-state index contributed by atoms with van der Waals surface area (Å²) in [7, 11) is 3.45. The first kappa shape index (κ1) is 19.8. The molecule has 4 aromatic rings. The summed E-state index contributed by atoms with van der Waals surface area (Å²) in [5.74, 6) is -0.0775. The van der Waals surface area contributed by atoms with Crippen LogP contribution in [0.25, 0.3) is 16.6 Å². The fourth-order valence-electron chi connectivity index (χ4n) is 3.13. The zero-order valence-electron chi connectivity index (χ0n) is 16.6. The molecule has 0 aliphatic carbocycles. The molecule has 4 rings (SSSR count). The van der Waals surface area contributed by atoms with Crippen LogP contribution in [0.3, 0.4) is 0 Å². The molecular formula is C23H20N4O2S. The molecule has 0 aliphatic heterocycles. The summed E-state index contributed by atoms with van der Waals surface area (Å²) >= 11 is 1.26. The number of pyridine rings is 1. The molecule has 0 radical (unpaired) electrons. The number of thioether (sulfide) groups is 1.